The number of hydrogen-bond acceptors (Lipinski definition) is 3. The van der Waals surface area contributed by atoms with Crippen LogP contribution in [0.15, 0.2) is 0 Å². The lowest BCUT2D eigenvalue weighted by molar-refractivity contribution is 0.251. The van der Waals surface area contributed by atoms with Gasteiger partial charge >= 0.3 is 0 Å². The first kappa shape index (κ1) is 11.4. The Balaban J connectivity index is 1.59. The highest BCUT2D eigenvalue weighted by Crippen LogP contribution is 2.18. The molecule has 2 rings (SSSR count). The van der Waals surface area contributed by atoms with Gasteiger partial charge in [0, 0.05) is 19.6 Å². The van der Waals surface area contributed by atoms with E-state index in [0.717, 1.165) is 12.5 Å². The van der Waals surface area contributed by atoms with Crippen LogP contribution in [0.25, 0.3) is 0 Å². The van der Waals surface area contributed by atoms with Crippen LogP contribution in [0.5, 0.6) is 0 Å². The van der Waals surface area contributed by atoms with Gasteiger partial charge in [-0.25, -0.2) is 0 Å². The van der Waals surface area contributed by atoms with E-state index in [0.29, 0.717) is 0 Å². The summed E-state index contributed by atoms with van der Waals surface area (Å²) in [7, 11) is 0. The molecule has 2 saturated heterocycles. The fraction of sp³-hybridized carbons (Fsp3) is 1.00. The van der Waals surface area contributed by atoms with E-state index < -0.39 is 0 Å². The quantitative estimate of drug-likeness (QED) is 0.728. The van der Waals surface area contributed by atoms with Crippen molar-refractivity contribution < 1.29 is 0 Å². The molecule has 2 N–H and O–H groups in total. The molecular weight excluding hydrogens is 186 g/mol. The van der Waals surface area contributed by atoms with Gasteiger partial charge in [0.05, 0.1) is 0 Å². The monoisotopic (exact) mass is 211 g/mol. The summed E-state index contributed by atoms with van der Waals surface area (Å²) in [5, 5.41) is 0. The van der Waals surface area contributed by atoms with Gasteiger partial charge in [-0.05, 0) is 57.8 Å². The molecule has 0 aromatic carbocycles. The SMILES string of the molecule is NCCC1CCN(CCN2CCCC2)C1. The molecule has 3 heteroatoms. The molecule has 2 heterocycles. The summed E-state index contributed by atoms with van der Waals surface area (Å²) >= 11 is 0. The molecule has 2 fully saturated rings. The van der Waals surface area contributed by atoms with Crippen LogP contribution in [-0.2, 0) is 0 Å². The molecule has 0 bridgehead atoms. The summed E-state index contributed by atoms with van der Waals surface area (Å²) in [6.07, 6.45) is 5.42. The van der Waals surface area contributed by atoms with Crippen molar-refractivity contribution >= 4 is 0 Å². The van der Waals surface area contributed by atoms with Gasteiger partial charge in [-0.2, -0.15) is 0 Å². The highest BCUT2D eigenvalue weighted by molar-refractivity contribution is 4.77. The van der Waals surface area contributed by atoms with Gasteiger partial charge < -0.3 is 15.5 Å². The minimum atomic E-state index is 0.866. The van der Waals surface area contributed by atoms with Crippen molar-refractivity contribution in [2.45, 2.75) is 25.7 Å². The molecule has 3 nitrogen and oxygen atoms in total. The molecule has 0 aromatic heterocycles. The number of rotatable bonds is 5. The van der Waals surface area contributed by atoms with Gasteiger partial charge in [0.25, 0.3) is 0 Å². The minimum absolute atomic E-state index is 0.866. The van der Waals surface area contributed by atoms with Crippen LogP contribution >= 0.6 is 0 Å². The molecule has 0 saturated carbocycles. The van der Waals surface area contributed by atoms with Crippen molar-refractivity contribution in [2.24, 2.45) is 11.7 Å². The highest BCUT2D eigenvalue weighted by Gasteiger charge is 2.22. The molecule has 88 valence electrons. The van der Waals surface area contributed by atoms with Crippen molar-refractivity contribution in [3.63, 3.8) is 0 Å². The first-order valence-electron chi connectivity index (χ1n) is 6.53. The van der Waals surface area contributed by atoms with Crippen molar-refractivity contribution in [1.29, 1.82) is 0 Å². The molecule has 2 aliphatic heterocycles. The lowest BCUT2D eigenvalue weighted by atomic mass is 10.1. The third-order valence-electron chi connectivity index (χ3n) is 3.88. The van der Waals surface area contributed by atoms with Crippen LogP contribution in [0.1, 0.15) is 25.7 Å². The largest absolute Gasteiger partial charge is 0.330 e. The number of hydrogen-bond donors (Lipinski definition) is 1. The third kappa shape index (κ3) is 3.44. The number of likely N-dealkylation sites (tertiary alicyclic amines) is 2. The van der Waals surface area contributed by atoms with E-state index in [2.05, 4.69) is 9.80 Å². The van der Waals surface area contributed by atoms with Crippen LogP contribution in [-0.4, -0.2) is 55.6 Å². The Hall–Kier alpha value is -0.120. The van der Waals surface area contributed by atoms with Crippen molar-refractivity contribution in [3.8, 4) is 0 Å². The van der Waals surface area contributed by atoms with Gasteiger partial charge in [-0.15, -0.1) is 0 Å². The zero-order valence-electron chi connectivity index (χ0n) is 9.83. The maximum Gasteiger partial charge on any atom is 0.0109 e. The predicted molar refractivity (Wildman–Crippen MR) is 63.9 cm³/mol. The topological polar surface area (TPSA) is 32.5 Å². The van der Waals surface area contributed by atoms with Gasteiger partial charge in [0.15, 0.2) is 0 Å². The summed E-state index contributed by atoms with van der Waals surface area (Å²) in [5.41, 5.74) is 5.60. The molecular formula is C12H25N3. The molecule has 1 unspecified atom stereocenters. The predicted octanol–water partition coefficient (Wildman–Crippen LogP) is 0.753. The normalized spacial score (nSPS) is 29.0. The Morgan fingerprint density at radius 1 is 1.00 bits per heavy atom. The summed E-state index contributed by atoms with van der Waals surface area (Å²) < 4.78 is 0. The molecule has 2 aliphatic rings. The summed E-state index contributed by atoms with van der Waals surface area (Å²) in [6, 6.07) is 0. The Kier molecular flexibility index (Phi) is 4.42. The first-order valence-corrected chi connectivity index (χ1v) is 6.53. The average molecular weight is 211 g/mol. The first-order chi connectivity index (χ1) is 7.38. The summed E-state index contributed by atoms with van der Waals surface area (Å²) in [4.78, 5) is 5.23. The highest BCUT2D eigenvalue weighted by atomic mass is 15.2. The molecule has 0 amide bonds. The van der Waals surface area contributed by atoms with Gasteiger partial charge in [0.2, 0.25) is 0 Å². The lowest BCUT2D eigenvalue weighted by Gasteiger charge is -2.20. The van der Waals surface area contributed by atoms with E-state index in [9.17, 15) is 0 Å². The van der Waals surface area contributed by atoms with E-state index in [1.807, 2.05) is 0 Å². The van der Waals surface area contributed by atoms with Crippen LogP contribution < -0.4 is 5.73 Å². The van der Waals surface area contributed by atoms with Crippen LogP contribution in [0, 0.1) is 5.92 Å². The third-order valence-corrected chi connectivity index (χ3v) is 3.88. The van der Waals surface area contributed by atoms with E-state index >= 15 is 0 Å². The number of nitrogens with two attached hydrogens (primary N) is 1. The maximum atomic E-state index is 5.60. The maximum absolute atomic E-state index is 5.60. The van der Waals surface area contributed by atoms with Gasteiger partial charge in [-0.1, -0.05) is 0 Å². The second-order valence-corrected chi connectivity index (χ2v) is 5.08. The minimum Gasteiger partial charge on any atom is -0.330 e. The molecule has 0 aromatic rings. The fourth-order valence-electron chi connectivity index (χ4n) is 2.88. The van der Waals surface area contributed by atoms with Crippen molar-refractivity contribution in [2.75, 3.05) is 45.8 Å². The summed E-state index contributed by atoms with van der Waals surface area (Å²) in [6.45, 7) is 8.70. The van der Waals surface area contributed by atoms with Gasteiger partial charge in [0.1, 0.15) is 0 Å². The Morgan fingerprint density at radius 3 is 2.47 bits per heavy atom. The second kappa shape index (κ2) is 5.83. The Morgan fingerprint density at radius 2 is 1.73 bits per heavy atom. The molecule has 0 spiro atoms. The average Bonchev–Trinajstić information content (AvgIpc) is 2.85. The van der Waals surface area contributed by atoms with Crippen LogP contribution in [0.4, 0.5) is 0 Å². The molecule has 0 aliphatic carbocycles. The van der Waals surface area contributed by atoms with E-state index in [-0.39, 0.29) is 0 Å². The van der Waals surface area contributed by atoms with E-state index in [1.165, 1.54) is 65.0 Å². The molecule has 0 radical (unpaired) electrons. The van der Waals surface area contributed by atoms with Crippen LogP contribution in [0.2, 0.25) is 0 Å². The van der Waals surface area contributed by atoms with Crippen LogP contribution in [0.3, 0.4) is 0 Å². The smallest absolute Gasteiger partial charge is 0.0109 e. The number of nitrogens with zero attached hydrogens (tertiary/aromatic N) is 2. The Labute approximate surface area is 93.6 Å². The molecule has 1 atom stereocenters. The fourth-order valence-corrected chi connectivity index (χ4v) is 2.88. The van der Waals surface area contributed by atoms with Crippen molar-refractivity contribution in [3.05, 3.63) is 0 Å². The zero-order valence-corrected chi connectivity index (χ0v) is 9.83. The second-order valence-electron chi connectivity index (χ2n) is 5.08. The van der Waals surface area contributed by atoms with E-state index in [1.54, 1.807) is 0 Å². The zero-order chi connectivity index (χ0) is 10.5. The summed E-state index contributed by atoms with van der Waals surface area (Å²) in [5.74, 6) is 0.883. The van der Waals surface area contributed by atoms with Crippen molar-refractivity contribution in [1.82, 2.24) is 9.80 Å². The Bertz CT molecular complexity index is 178. The van der Waals surface area contributed by atoms with Gasteiger partial charge in [-0.3, -0.25) is 0 Å². The molecule has 15 heavy (non-hydrogen) atoms. The van der Waals surface area contributed by atoms with E-state index in [4.69, 9.17) is 5.73 Å². The lowest BCUT2D eigenvalue weighted by Crippen LogP contribution is -2.32. The standard InChI is InChI=1S/C12H25N3/c13-5-3-12-4-8-15(11-12)10-9-14-6-1-2-7-14/h12H,1-11,13H2.